The van der Waals surface area contributed by atoms with Crippen molar-refractivity contribution in [2.24, 2.45) is 0 Å². The number of nitrogens with one attached hydrogen (secondary N) is 2. The van der Waals surface area contributed by atoms with E-state index in [4.69, 9.17) is 0 Å². The maximum absolute atomic E-state index is 12.0. The van der Waals surface area contributed by atoms with E-state index in [1.165, 1.54) is 36.1 Å². The van der Waals surface area contributed by atoms with Crippen LogP contribution in [0.1, 0.15) is 0 Å². The topological polar surface area (TPSA) is 96.9 Å². The Bertz CT molecular complexity index is 864. The van der Waals surface area contributed by atoms with Gasteiger partial charge in [0.2, 0.25) is 10.0 Å². The first-order valence-electron chi connectivity index (χ1n) is 6.48. The molecule has 0 bridgehead atoms. The molecule has 0 amide bonds. The zero-order valence-corrected chi connectivity index (χ0v) is 13.1. The molecule has 0 fully saturated rings. The van der Waals surface area contributed by atoms with Crippen LogP contribution in [0.2, 0.25) is 0 Å². The van der Waals surface area contributed by atoms with Gasteiger partial charge in [0.25, 0.3) is 0 Å². The van der Waals surface area contributed by atoms with Gasteiger partial charge in [0.05, 0.1) is 5.39 Å². The average Bonchev–Trinajstić information content (AvgIpc) is 3.02. The van der Waals surface area contributed by atoms with Gasteiger partial charge >= 0.3 is 0 Å². The monoisotopic (exact) mass is 335 g/mol. The lowest BCUT2D eigenvalue weighted by Gasteiger charge is -2.08. The highest BCUT2D eigenvalue weighted by molar-refractivity contribution is 7.89. The van der Waals surface area contributed by atoms with Crippen molar-refractivity contribution in [1.82, 2.24) is 19.7 Å². The third kappa shape index (κ3) is 3.21. The summed E-state index contributed by atoms with van der Waals surface area (Å²) in [6.07, 6.45) is 4.33. The molecule has 0 aliphatic carbocycles. The molecule has 3 aromatic heterocycles. The normalized spacial score (nSPS) is 11.6. The Labute approximate surface area is 131 Å². The Morgan fingerprint density at radius 2 is 2.09 bits per heavy atom. The standard InChI is InChI=1S/C13H13N5O2S2/c19-22(20,10-2-1-4-14-8-10)18-6-5-15-12-11-3-7-21-13(11)17-9-16-12/h1-4,7-9,18H,5-6H2,(H,15,16,17). The number of fused-ring (bicyclic) bond motifs is 1. The van der Waals surface area contributed by atoms with Gasteiger partial charge in [0.1, 0.15) is 21.9 Å². The highest BCUT2D eigenvalue weighted by Crippen LogP contribution is 2.23. The van der Waals surface area contributed by atoms with Crippen molar-refractivity contribution in [2.75, 3.05) is 18.4 Å². The minimum atomic E-state index is -3.53. The van der Waals surface area contributed by atoms with E-state index >= 15 is 0 Å². The Kier molecular flexibility index (Phi) is 4.27. The van der Waals surface area contributed by atoms with Crippen molar-refractivity contribution in [2.45, 2.75) is 4.90 Å². The summed E-state index contributed by atoms with van der Waals surface area (Å²) in [4.78, 5) is 13.2. The van der Waals surface area contributed by atoms with Crippen molar-refractivity contribution < 1.29 is 8.42 Å². The number of thiophene rings is 1. The van der Waals surface area contributed by atoms with Crippen LogP contribution in [0.25, 0.3) is 10.2 Å². The summed E-state index contributed by atoms with van der Waals surface area (Å²) in [5.74, 6) is 0.701. The smallest absolute Gasteiger partial charge is 0.242 e. The van der Waals surface area contributed by atoms with Crippen LogP contribution in [0.15, 0.2) is 47.2 Å². The van der Waals surface area contributed by atoms with Crippen LogP contribution in [-0.4, -0.2) is 36.5 Å². The third-order valence-electron chi connectivity index (χ3n) is 2.92. The minimum absolute atomic E-state index is 0.150. The van der Waals surface area contributed by atoms with Gasteiger partial charge in [-0.05, 0) is 23.6 Å². The molecule has 0 radical (unpaired) electrons. The summed E-state index contributed by atoms with van der Waals surface area (Å²) < 4.78 is 26.5. The molecule has 7 nitrogen and oxygen atoms in total. The van der Waals surface area contributed by atoms with Crippen LogP contribution < -0.4 is 10.0 Å². The molecule has 0 atom stereocenters. The van der Waals surface area contributed by atoms with E-state index in [9.17, 15) is 8.42 Å². The molecular formula is C13H13N5O2S2. The first-order chi connectivity index (χ1) is 10.7. The Hall–Kier alpha value is -2.10. The van der Waals surface area contributed by atoms with E-state index in [-0.39, 0.29) is 11.4 Å². The quantitative estimate of drug-likeness (QED) is 0.662. The van der Waals surface area contributed by atoms with Gasteiger partial charge in [-0.1, -0.05) is 0 Å². The Balaban J connectivity index is 1.59. The SMILES string of the molecule is O=S(=O)(NCCNc1ncnc2sccc12)c1cccnc1. The van der Waals surface area contributed by atoms with Gasteiger partial charge in [-0.3, -0.25) is 4.98 Å². The number of nitrogens with zero attached hydrogens (tertiary/aromatic N) is 3. The number of rotatable bonds is 6. The van der Waals surface area contributed by atoms with Crippen molar-refractivity contribution >= 4 is 37.4 Å². The molecule has 0 saturated carbocycles. The largest absolute Gasteiger partial charge is 0.368 e. The van der Waals surface area contributed by atoms with Crippen molar-refractivity contribution in [3.05, 3.63) is 42.3 Å². The summed E-state index contributed by atoms with van der Waals surface area (Å²) in [5, 5.41) is 5.98. The number of pyridine rings is 1. The molecule has 0 aromatic carbocycles. The molecule has 3 rings (SSSR count). The molecule has 3 aromatic rings. The first-order valence-corrected chi connectivity index (χ1v) is 8.85. The summed E-state index contributed by atoms with van der Waals surface area (Å²) in [7, 11) is -3.53. The number of aromatic nitrogens is 3. The van der Waals surface area contributed by atoms with Crippen LogP contribution in [0.5, 0.6) is 0 Å². The van der Waals surface area contributed by atoms with Gasteiger partial charge < -0.3 is 5.32 Å². The molecule has 0 spiro atoms. The minimum Gasteiger partial charge on any atom is -0.368 e. The molecule has 0 aliphatic heterocycles. The zero-order chi connectivity index (χ0) is 15.4. The predicted octanol–water partition coefficient (Wildman–Crippen LogP) is 1.48. The highest BCUT2D eigenvalue weighted by atomic mass is 32.2. The third-order valence-corrected chi connectivity index (χ3v) is 5.18. The van der Waals surface area contributed by atoms with Gasteiger partial charge in [-0.2, -0.15) is 0 Å². The molecule has 22 heavy (non-hydrogen) atoms. The second-order valence-corrected chi connectivity index (χ2v) is 7.04. The maximum atomic E-state index is 12.0. The van der Waals surface area contributed by atoms with E-state index in [0.29, 0.717) is 12.4 Å². The highest BCUT2D eigenvalue weighted by Gasteiger charge is 2.12. The summed E-state index contributed by atoms with van der Waals surface area (Å²) in [6, 6.07) is 5.02. The zero-order valence-electron chi connectivity index (χ0n) is 11.4. The van der Waals surface area contributed by atoms with Crippen LogP contribution in [0.4, 0.5) is 5.82 Å². The van der Waals surface area contributed by atoms with Gasteiger partial charge in [-0.15, -0.1) is 11.3 Å². The molecule has 9 heteroatoms. The van der Waals surface area contributed by atoms with E-state index < -0.39 is 10.0 Å². The molecule has 0 unspecified atom stereocenters. The number of anilines is 1. The van der Waals surface area contributed by atoms with Crippen LogP contribution >= 0.6 is 11.3 Å². The number of sulfonamides is 1. The fourth-order valence-corrected chi connectivity index (χ4v) is 3.61. The number of hydrogen-bond acceptors (Lipinski definition) is 7. The van der Waals surface area contributed by atoms with Crippen molar-refractivity contribution in [3.63, 3.8) is 0 Å². The summed E-state index contributed by atoms with van der Waals surface area (Å²) in [6.45, 7) is 0.661. The van der Waals surface area contributed by atoms with Crippen molar-refractivity contribution in [1.29, 1.82) is 0 Å². The second kappa shape index (κ2) is 6.34. The van der Waals surface area contributed by atoms with Gasteiger partial charge in [0, 0.05) is 25.5 Å². The lowest BCUT2D eigenvalue weighted by Crippen LogP contribution is -2.29. The van der Waals surface area contributed by atoms with E-state index in [1.54, 1.807) is 6.07 Å². The average molecular weight is 335 g/mol. The summed E-state index contributed by atoms with van der Waals surface area (Å²) >= 11 is 1.53. The molecule has 0 aliphatic rings. The molecule has 0 saturated heterocycles. The fourth-order valence-electron chi connectivity index (χ4n) is 1.89. The lowest BCUT2D eigenvalue weighted by molar-refractivity contribution is 0.582. The van der Waals surface area contributed by atoms with Crippen LogP contribution in [0, 0.1) is 0 Å². The van der Waals surface area contributed by atoms with E-state index in [2.05, 4.69) is 25.0 Å². The van der Waals surface area contributed by atoms with Gasteiger partial charge in [0.15, 0.2) is 0 Å². The predicted molar refractivity (Wildman–Crippen MR) is 85.3 cm³/mol. The summed E-state index contributed by atoms with van der Waals surface area (Å²) in [5.41, 5.74) is 0. The molecular weight excluding hydrogens is 322 g/mol. The fraction of sp³-hybridized carbons (Fsp3) is 0.154. The van der Waals surface area contributed by atoms with E-state index in [1.807, 2.05) is 11.4 Å². The Morgan fingerprint density at radius 3 is 2.91 bits per heavy atom. The Morgan fingerprint density at radius 1 is 1.18 bits per heavy atom. The number of hydrogen-bond donors (Lipinski definition) is 2. The molecule has 3 heterocycles. The molecule has 114 valence electrons. The van der Waals surface area contributed by atoms with Crippen LogP contribution in [0.3, 0.4) is 0 Å². The lowest BCUT2D eigenvalue weighted by atomic mass is 10.4. The van der Waals surface area contributed by atoms with E-state index in [0.717, 1.165) is 10.2 Å². The van der Waals surface area contributed by atoms with Crippen LogP contribution in [-0.2, 0) is 10.0 Å². The first kappa shape index (κ1) is 14.8. The maximum Gasteiger partial charge on any atom is 0.242 e. The second-order valence-electron chi connectivity index (χ2n) is 4.37. The van der Waals surface area contributed by atoms with Crippen molar-refractivity contribution in [3.8, 4) is 0 Å². The van der Waals surface area contributed by atoms with Gasteiger partial charge in [-0.25, -0.2) is 23.1 Å². The molecule has 2 N–H and O–H groups in total.